The average Bonchev–Trinajstić information content (AvgIpc) is 2.30. The second kappa shape index (κ2) is 5.45. The van der Waals surface area contributed by atoms with E-state index in [-0.39, 0.29) is 0 Å². The predicted octanol–water partition coefficient (Wildman–Crippen LogP) is 4.02. The van der Waals surface area contributed by atoms with E-state index in [1.54, 1.807) is 0 Å². The zero-order valence-corrected chi connectivity index (χ0v) is 10.5. The number of aliphatic imine (C=N–C) groups is 1. The number of hydrogen-bond donors (Lipinski definition) is 0. The van der Waals surface area contributed by atoms with Gasteiger partial charge in [-0.25, -0.2) is 0 Å². The van der Waals surface area contributed by atoms with Crippen molar-refractivity contribution in [1.82, 2.24) is 0 Å². The fourth-order valence-corrected chi connectivity index (χ4v) is 1.51. The third-order valence-electron chi connectivity index (χ3n) is 2.76. The maximum Gasteiger partial charge on any atom is 0.0712 e. The SMILES string of the molecule is C=C(C(=NC)c1ccccc1)C(C)=C(C)C. The van der Waals surface area contributed by atoms with Crippen LogP contribution >= 0.6 is 0 Å². The van der Waals surface area contributed by atoms with E-state index < -0.39 is 0 Å². The second-order valence-electron chi connectivity index (χ2n) is 4.04. The molecule has 0 aliphatic carbocycles. The van der Waals surface area contributed by atoms with Crippen LogP contribution in [0.2, 0.25) is 0 Å². The van der Waals surface area contributed by atoms with E-state index in [2.05, 4.69) is 44.5 Å². The summed E-state index contributed by atoms with van der Waals surface area (Å²) >= 11 is 0. The summed E-state index contributed by atoms with van der Waals surface area (Å²) in [6.45, 7) is 10.4. The highest BCUT2D eigenvalue weighted by Crippen LogP contribution is 2.18. The molecule has 0 spiro atoms. The van der Waals surface area contributed by atoms with Crippen LogP contribution in [0.1, 0.15) is 26.3 Å². The summed E-state index contributed by atoms with van der Waals surface area (Å²) in [6, 6.07) is 10.2. The van der Waals surface area contributed by atoms with Crippen LogP contribution in [0.3, 0.4) is 0 Å². The Balaban J connectivity index is 3.13. The van der Waals surface area contributed by atoms with Crippen LogP contribution in [0.4, 0.5) is 0 Å². The standard InChI is InChI=1S/C15H19N/c1-11(2)12(3)13(4)15(16-5)14-9-7-6-8-10-14/h6-10H,4H2,1-3,5H3. The molecule has 1 aromatic rings. The maximum absolute atomic E-state index is 4.34. The molecule has 0 aliphatic rings. The molecular weight excluding hydrogens is 194 g/mol. The van der Waals surface area contributed by atoms with Gasteiger partial charge in [0.05, 0.1) is 5.71 Å². The highest BCUT2D eigenvalue weighted by molar-refractivity contribution is 6.14. The highest BCUT2D eigenvalue weighted by Gasteiger charge is 2.08. The summed E-state index contributed by atoms with van der Waals surface area (Å²) in [5, 5.41) is 0. The maximum atomic E-state index is 4.34. The van der Waals surface area contributed by atoms with Gasteiger partial charge in [-0.1, -0.05) is 42.5 Å². The van der Waals surface area contributed by atoms with E-state index in [9.17, 15) is 0 Å². The topological polar surface area (TPSA) is 12.4 Å². The summed E-state index contributed by atoms with van der Waals surface area (Å²) in [7, 11) is 1.81. The first kappa shape index (κ1) is 12.4. The molecule has 16 heavy (non-hydrogen) atoms. The van der Waals surface area contributed by atoms with Crippen molar-refractivity contribution in [2.45, 2.75) is 20.8 Å². The molecule has 0 saturated heterocycles. The summed E-state index contributed by atoms with van der Waals surface area (Å²) in [5.41, 5.74) is 5.59. The molecule has 84 valence electrons. The first-order valence-corrected chi connectivity index (χ1v) is 5.44. The number of benzene rings is 1. The third kappa shape index (κ3) is 2.69. The zero-order valence-electron chi connectivity index (χ0n) is 10.5. The van der Waals surface area contributed by atoms with Crippen molar-refractivity contribution in [2.24, 2.45) is 4.99 Å². The van der Waals surface area contributed by atoms with Gasteiger partial charge >= 0.3 is 0 Å². The van der Waals surface area contributed by atoms with Crippen LogP contribution in [0.5, 0.6) is 0 Å². The van der Waals surface area contributed by atoms with E-state index in [0.717, 1.165) is 16.8 Å². The molecule has 0 radical (unpaired) electrons. The highest BCUT2D eigenvalue weighted by atomic mass is 14.7. The lowest BCUT2D eigenvalue weighted by Crippen LogP contribution is -2.06. The van der Waals surface area contributed by atoms with Gasteiger partial charge in [-0.15, -0.1) is 0 Å². The summed E-state index contributed by atoms with van der Waals surface area (Å²) < 4.78 is 0. The minimum Gasteiger partial charge on any atom is -0.287 e. The van der Waals surface area contributed by atoms with Gasteiger partial charge in [0.1, 0.15) is 0 Å². The molecule has 0 aliphatic heterocycles. The number of rotatable bonds is 3. The molecule has 0 amide bonds. The minimum atomic E-state index is 0.972. The quantitative estimate of drug-likeness (QED) is 0.531. The molecule has 0 N–H and O–H groups in total. The molecule has 0 heterocycles. The fraction of sp³-hybridized carbons (Fsp3) is 0.267. The van der Waals surface area contributed by atoms with Crippen LogP contribution in [-0.2, 0) is 0 Å². The van der Waals surface area contributed by atoms with E-state index in [1.165, 1.54) is 11.1 Å². The summed E-state index contributed by atoms with van der Waals surface area (Å²) in [5.74, 6) is 0. The van der Waals surface area contributed by atoms with Crippen LogP contribution in [0.15, 0.2) is 58.6 Å². The van der Waals surface area contributed by atoms with E-state index in [4.69, 9.17) is 0 Å². The lowest BCUT2D eigenvalue weighted by molar-refractivity contribution is 1.27. The van der Waals surface area contributed by atoms with Gasteiger partial charge in [0.25, 0.3) is 0 Å². The molecule has 0 atom stereocenters. The molecule has 1 aromatic carbocycles. The van der Waals surface area contributed by atoms with Gasteiger partial charge in [0, 0.05) is 12.6 Å². The summed E-state index contributed by atoms with van der Waals surface area (Å²) in [4.78, 5) is 4.34. The monoisotopic (exact) mass is 213 g/mol. The first-order chi connectivity index (χ1) is 7.57. The Morgan fingerprint density at radius 2 is 1.62 bits per heavy atom. The van der Waals surface area contributed by atoms with E-state index >= 15 is 0 Å². The van der Waals surface area contributed by atoms with Gasteiger partial charge in [-0.3, -0.25) is 4.99 Å². The number of hydrogen-bond acceptors (Lipinski definition) is 1. The lowest BCUT2D eigenvalue weighted by atomic mass is 9.96. The molecule has 0 saturated carbocycles. The number of nitrogens with zero attached hydrogens (tertiary/aromatic N) is 1. The van der Waals surface area contributed by atoms with Gasteiger partial charge in [0.2, 0.25) is 0 Å². The third-order valence-corrected chi connectivity index (χ3v) is 2.76. The average molecular weight is 213 g/mol. The van der Waals surface area contributed by atoms with Crippen molar-refractivity contribution in [3.8, 4) is 0 Å². The second-order valence-corrected chi connectivity index (χ2v) is 4.04. The van der Waals surface area contributed by atoms with E-state index in [1.807, 2.05) is 25.2 Å². The van der Waals surface area contributed by atoms with Gasteiger partial charge in [0.15, 0.2) is 0 Å². The predicted molar refractivity (Wildman–Crippen MR) is 72.1 cm³/mol. The minimum absolute atomic E-state index is 0.972. The van der Waals surface area contributed by atoms with Crippen LogP contribution in [0, 0.1) is 0 Å². The Bertz CT molecular complexity index is 432. The normalized spacial score (nSPS) is 11.1. The molecule has 0 fully saturated rings. The van der Waals surface area contributed by atoms with Gasteiger partial charge in [-0.2, -0.15) is 0 Å². The van der Waals surface area contributed by atoms with Crippen molar-refractivity contribution in [3.63, 3.8) is 0 Å². The fourth-order valence-electron chi connectivity index (χ4n) is 1.51. The van der Waals surface area contributed by atoms with E-state index in [0.29, 0.717) is 0 Å². The van der Waals surface area contributed by atoms with Gasteiger partial charge < -0.3 is 0 Å². The van der Waals surface area contributed by atoms with Gasteiger partial charge in [-0.05, 0) is 31.9 Å². The summed E-state index contributed by atoms with van der Waals surface area (Å²) in [6.07, 6.45) is 0. The van der Waals surface area contributed by atoms with Crippen molar-refractivity contribution in [2.75, 3.05) is 7.05 Å². The van der Waals surface area contributed by atoms with Crippen LogP contribution in [0.25, 0.3) is 0 Å². The molecule has 1 rings (SSSR count). The first-order valence-electron chi connectivity index (χ1n) is 5.44. The van der Waals surface area contributed by atoms with Crippen molar-refractivity contribution >= 4 is 5.71 Å². The Hall–Kier alpha value is -1.63. The van der Waals surface area contributed by atoms with Crippen molar-refractivity contribution in [3.05, 3.63) is 59.2 Å². The lowest BCUT2D eigenvalue weighted by Gasteiger charge is -2.11. The Morgan fingerprint density at radius 3 is 2.06 bits per heavy atom. The Kier molecular flexibility index (Phi) is 4.24. The van der Waals surface area contributed by atoms with Crippen LogP contribution in [-0.4, -0.2) is 12.8 Å². The van der Waals surface area contributed by atoms with Crippen molar-refractivity contribution in [1.29, 1.82) is 0 Å². The zero-order chi connectivity index (χ0) is 12.1. The molecular formula is C15H19N. The van der Waals surface area contributed by atoms with Crippen molar-refractivity contribution < 1.29 is 0 Å². The molecule has 1 heteroatoms. The molecule has 0 bridgehead atoms. The molecule has 1 nitrogen and oxygen atoms in total. The Labute approximate surface area is 98.2 Å². The Morgan fingerprint density at radius 1 is 1.06 bits per heavy atom. The van der Waals surface area contributed by atoms with Crippen LogP contribution < -0.4 is 0 Å². The molecule has 0 unspecified atom stereocenters. The largest absolute Gasteiger partial charge is 0.287 e. The molecule has 0 aromatic heterocycles. The smallest absolute Gasteiger partial charge is 0.0712 e. The number of allylic oxidation sites excluding steroid dienone is 3.